The zero-order valence-corrected chi connectivity index (χ0v) is 13.2. The lowest BCUT2D eigenvalue weighted by Gasteiger charge is -2.36. The van der Waals surface area contributed by atoms with Crippen molar-refractivity contribution in [3.63, 3.8) is 0 Å². The Kier molecular flexibility index (Phi) is 6.34. The number of hydrogen-bond donors (Lipinski definition) is 1. The highest BCUT2D eigenvalue weighted by Crippen LogP contribution is 2.28. The zero-order valence-electron chi connectivity index (χ0n) is 13.2. The van der Waals surface area contributed by atoms with Crippen LogP contribution in [0.1, 0.15) is 77.6 Å². The van der Waals surface area contributed by atoms with Crippen LogP contribution in [0.2, 0.25) is 0 Å². The molecule has 2 saturated carbocycles. The van der Waals surface area contributed by atoms with Gasteiger partial charge in [0, 0.05) is 25.0 Å². The monoisotopic (exact) mass is 280 g/mol. The molecule has 0 radical (unpaired) electrons. The Morgan fingerprint density at radius 1 is 1.00 bits per heavy atom. The van der Waals surface area contributed by atoms with Crippen LogP contribution >= 0.6 is 0 Å². The van der Waals surface area contributed by atoms with Gasteiger partial charge in [-0.25, -0.2) is 0 Å². The Balaban J connectivity index is 1.84. The normalized spacial score (nSPS) is 28.9. The third-order valence-corrected chi connectivity index (χ3v) is 5.28. The first kappa shape index (κ1) is 15.8. The summed E-state index contributed by atoms with van der Waals surface area (Å²) in [6.45, 7) is 2.99. The molecule has 0 aromatic heterocycles. The maximum atomic E-state index is 12.6. The summed E-state index contributed by atoms with van der Waals surface area (Å²) in [6, 6.07) is 0.819. The molecule has 0 aromatic rings. The van der Waals surface area contributed by atoms with Gasteiger partial charge in [-0.1, -0.05) is 25.7 Å². The fourth-order valence-corrected chi connectivity index (χ4v) is 3.98. The molecule has 0 heterocycles. The Labute approximate surface area is 124 Å². The van der Waals surface area contributed by atoms with E-state index in [1.54, 1.807) is 0 Å². The number of nitrogens with two attached hydrogens (primary N) is 1. The summed E-state index contributed by atoms with van der Waals surface area (Å²) < 4.78 is 0. The number of hydrogen-bond acceptors (Lipinski definition) is 2. The smallest absolute Gasteiger partial charge is 0.223 e. The van der Waals surface area contributed by atoms with Gasteiger partial charge in [0.1, 0.15) is 0 Å². The molecule has 2 rings (SSSR count). The first-order chi connectivity index (χ1) is 9.70. The fraction of sp³-hybridized carbons (Fsp3) is 0.941. The molecular weight excluding hydrogens is 248 g/mol. The van der Waals surface area contributed by atoms with Gasteiger partial charge in [-0.3, -0.25) is 4.79 Å². The van der Waals surface area contributed by atoms with Crippen LogP contribution in [0.5, 0.6) is 0 Å². The maximum Gasteiger partial charge on any atom is 0.223 e. The second-order valence-corrected chi connectivity index (χ2v) is 6.81. The molecule has 3 nitrogen and oxygen atoms in total. The average molecular weight is 280 g/mol. The molecule has 2 fully saturated rings. The molecule has 2 aliphatic carbocycles. The molecule has 2 aliphatic rings. The van der Waals surface area contributed by atoms with E-state index in [-0.39, 0.29) is 0 Å². The quantitative estimate of drug-likeness (QED) is 0.802. The number of carbonyl (C=O) groups excluding carboxylic acids is 1. The minimum atomic E-state index is 0.363. The summed E-state index contributed by atoms with van der Waals surface area (Å²) in [7, 11) is 0. The van der Waals surface area contributed by atoms with Crippen molar-refractivity contribution in [3.05, 3.63) is 0 Å². The SMILES string of the molecule is CCN(C(=O)CC1CCCCCC1)C1CCC(N)CC1. The second kappa shape index (κ2) is 8.02. The largest absolute Gasteiger partial charge is 0.340 e. The van der Waals surface area contributed by atoms with E-state index in [1.807, 2.05) is 0 Å². The Morgan fingerprint density at radius 3 is 2.15 bits per heavy atom. The van der Waals surface area contributed by atoms with E-state index in [0.717, 1.165) is 38.6 Å². The highest BCUT2D eigenvalue weighted by molar-refractivity contribution is 5.76. The second-order valence-electron chi connectivity index (χ2n) is 6.81. The lowest BCUT2D eigenvalue weighted by molar-refractivity contribution is -0.135. The van der Waals surface area contributed by atoms with Gasteiger partial charge in [0.05, 0.1) is 0 Å². The molecule has 2 N–H and O–H groups in total. The first-order valence-electron chi connectivity index (χ1n) is 8.75. The first-order valence-corrected chi connectivity index (χ1v) is 8.75. The summed E-state index contributed by atoms with van der Waals surface area (Å²) in [4.78, 5) is 14.8. The van der Waals surface area contributed by atoms with Gasteiger partial charge >= 0.3 is 0 Å². The standard InChI is InChI=1S/C17H32N2O/c1-2-19(16-11-9-15(18)10-12-16)17(20)13-14-7-5-3-4-6-8-14/h14-16H,2-13,18H2,1H3. The van der Waals surface area contributed by atoms with E-state index in [0.29, 0.717) is 23.9 Å². The van der Waals surface area contributed by atoms with Crippen LogP contribution in [0.25, 0.3) is 0 Å². The molecule has 0 aromatic carbocycles. The summed E-state index contributed by atoms with van der Waals surface area (Å²) in [6.07, 6.45) is 13.1. The zero-order chi connectivity index (χ0) is 14.4. The van der Waals surface area contributed by atoms with E-state index in [2.05, 4.69) is 11.8 Å². The third kappa shape index (κ3) is 4.47. The van der Waals surface area contributed by atoms with Gasteiger partial charge in [-0.15, -0.1) is 0 Å². The van der Waals surface area contributed by atoms with Crippen molar-refractivity contribution in [2.75, 3.05) is 6.54 Å². The maximum absolute atomic E-state index is 12.6. The van der Waals surface area contributed by atoms with Gasteiger partial charge in [-0.05, 0) is 51.4 Å². The highest BCUT2D eigenvalue weighted by Gasteiger charge is 2.28. The molecule has 0 unspecified atom stereocenters. The molecule has 0 saturated heterocycles. The number of amides is 1. The number of carbonyl (C=O) groups is 1. The van der Waals surface area contributed by atoms with Gasteiger partial charge < -0.3 is 10.6 Å². The topological polar surface area (TPSA) is 46.3 Å². The van der Waals surface area contributed by atoms with Crippen molar-refractivity contribution >= 4 is 5.91 Å². The van der Waals surface area contributed by atoms with Crippen LogP contribution in [0.4, 0.5) is 0 Å². The van der Waals surface area contributed by atoms with Crippen molar-refractivity contribution in [1.29, 1.82) is 0 Å². The molecule has 0 spiro atoms. The van der Waals surface area contributed by atoms with E-state index in [4.69, 9.17) is 5.73 Å². The predicted octanol–water partition coefficient (Wildman–Crippen LogP) is 3.47. The number of nitrogens with zero attached hydrogens (tertiary/aromatic N) is 1. The predicted molar refractivity (Wildman–Crippen MR) is 83.4 cm³/mol. The van der Waals surface area contributed by atoms with E-state index in [9.17, 15) is 4.79 Å². The summed E-state index contributed by atoms with van der Waals surface area (Å²) in [5.41, 5.74) is 5.98. The Hall–Kier alpha value is -0.570. The molecule has 3 heteroatoms. The van der Waals surface area contributed by atoms with Crippen LogP contribution in [-0.4, -0.2) is 29.4 Å². The van der Waals surface area contributed by atoms with Gasteiger partial charge in [0.25, 0.3) is 0 Å². The van der Waals surface area contributed by atoms with Crippen molar-refractivity contribution in [2.45, 2.75) is 89.6 Å². The third-order valence-electron chi connectivity index (χ3n) is 5.28. The van der Waals surface area contributed by atoms with Crippen LogP contribution in [-0.2, 0) is 4.79 Å². The van der Waals surface area contributed by atoms with Crippen molar-refractivity contribution < 1.29 is 4.79 Å². The van der Waals surface area contributed by atoms with Crippen LogP contribution < -0.4 is 5.73 Å². The molecule has 0 atom stereocenters. The lowest BCUT2D eigenvalue weighted by Crippen LogP contribution is -2.44. The molecule has 0 bridgehead atoms. The summed E-state index contributed by atoms with van der Waals surface area (Å²) >= 11 is 0. The van der Waals surface area contributed by atoms with Crippen molar-refractivity contribution in [1.82, 2.24) is 4.90 Å². The van der Waals surface area contributed by atoms with E-state index >= 15 is 0 Å². The summed E-state index contributed by atoms with van der Waals surface area (Å²) in [5.74, 6) is 1.05. The van der Waals surface area contributed by atoms with Gasteiger partial charge in [-0.2, -0.15) is 0 Å². The van der Waals surface area contributed by atoms with Crippen LogP contribution in [0.3, 0.4) is 0 Å². The number of rotatable bonds is 4. The fourth-order valence-electron chi connectivity index (χ4n) is 3.98. The molecule has 0 aliphatic heterocycles. The van der Waals surface area contributed by atoms with Gasteiger partial charge in [0.2, 0.25) is 5.91 Å². The molecule has 20 heavy (non-hydrogen) atoms. The highest BCUT2D eigenvalue weighted by atomic mass is 16.2. The van der Waals surface area contributed by atoms with Crippen LogP contribution in [0.15, 0.2) is 0 Å². The minimum Gasteiger partial charge on any atom is -0.340 e. The van der Waals surface area contributed by atoms with Crippen molar-refractivity contribution in [3.8, 4) is 0 Å². The Morgan fingerprint density at radius 2 is 1.60 bits per heavy atom. The van der Waals surface area contributed by atoms with E-state index < -0.39 is 0 Å². The average Bonchev–Trinajstić information content (AvgIpc) is 2.70. The van der Waals surface area contributed by atoms with Gasteiger partial charge in [0.15, 0.2) is 0 Å². The molecule has 116 valence electrons. The Bertz CT molecular complexity index is 289. The summed E-state index contributed by atoms with van der Waals surface area (Å²) in [5, 5.41) is 0. The van der Waals surface area contributed by atoms with E-state index in [1.165, 1.54) is 38.5 Å². The van der Waals surface area contributed by atoms with Crippen LogP contribution in [0, 0.1) is 5.92 Å². The molecular formula is C17H32N2O. The van der Waals surface area contributed by atoms with Crippen molar-refractivity contribution in [2.24, 2.45) is 11.7 Å². The lowest BCUT2D eigenvalue weighted by atomic mass is 9.89. The minimum absolute atomic E-state index is 0.363. The molecule has 1 amide bonds.